The van der Waals surface area contributed by atoms with Crippen LogP contribution in [0.25, 0.3) is 11.3 Å². The fraction of sp³-hybridized carbons (Fsp3) is 0.444. The van der Waals surface area contributed by atoms with E-state index in [2.05, 4.69) is 40.1 Å². The zero-order valence-electron chi connectivity index (χ0n) is 20.6. The highest BCUT2D eigenvalue weighted by atomic mass is 16.5. The molecule has 2 unspecified atom stereocenters. The van der Waals surface area contributed by atoms with Gasteiger partial charge in [0.05, 0.1) is 25.1 Å². The largest absolute Gasteiger partial charge is 0.494 e. The summed E-state index contributed by atoms with van der Waals surface area (Å²) in [4.78, 5) is 16.2. The van der Waals surface area contributed by atoms with E-state index in [4.69, 9.17) is 14.5 Å². The zero-order valence-corrected chi connectivity index (χ0v) is 20.6. The standard InChI is InChI=1S/C27H33N5O3/c1-4-32-12-9-20(16-32)35-19-5-6-24(25(14-19)34-3)31-26-28-11-8-22(30-26)18-13-21-23(29-15-18)7-10-27(21,2)17-33/h5-6,8,11,13-15,20,33H,4,7,9-10,12,16-17H2,1-3H3,(H,28,30,31). The zero-order chi connectivity index (χ0) is 24.4. The minimum absolute atomic E-state index is 0.110. The van der Waals surface area contributed by atoms with Crippen molar-refractivity contribution in [2.45, 2.75) is 44.6 Å². The summed E-state index contributed by atoms with van der Waals surface area (Å²) in [5, 5.41) is 13.2. The Morgan fingerprint density at radius 1 is 1.23 bits per heavy atom. The summed E-state index contributed by atoms with van der Waals surface area (Å²) < 4.78 is 11.8. The highest BCUT2D eigenvalue weighted by Gasteiger charge is 2.35. The van der Waals surface area contributed by atoms with Crippen LogP contribution in [-0.2, 0) is 11.8 Å². The van der Waals surface area contributed by atoms with E-state index in [9.17, 15) is 5.11 Å². The number of likely N-dealkylation sites (N-methyl/N-ethyl adjacent to an activating group) is 1. The molecule has 1 aliphatic carbocycles. The molecule has 0 amide bonds. The van der Waals surface area contributed by atoms with E-state index in [0.29, 0.717) is 11.7 Å². The molecule has 3 aromatic rings. The average molecular weight is 476 g/mol. The summed E-state index contributed by atoms with van der Waals surface area (Å²) in [6.45, 7) is 7.45. The van der Waals surface area contributed by atoms with Crippen molar-refractivity contribution in [1.29, 1.82) is 0 Å². The van der Waals surface area contributed by atoms with Crippen LogP contribution < -0.4 is 14.8 Å². The Morgan fingerprint density at radius 3 is 2.89 bits per heavy atom. The lowest BCUT2D eigenvalue weighted by atomic mass is 9.85. The smallest absolute Gasteiger partial charge is 0.227 e. The number of hydrogen-bond acceptors (Lipinski definition) is 8. The second-order valence-electron chi connectivity index (χ2n) is 9.61. The monoisotopic (exact) mass is 475 g/mol. The predicted octanol–water partition coefficient (Wildman–Crippen LogP) is 3.96. The van der Waals surface area contributed by atoms with Crippen LogP contribution in [0.3, 0.4) is 0 Å². The van der Waals surface area contributed by atoms with Crippen LogP contribution in [0.2, 0.25) is 0 Å². The summed E-state index contributed by atoms with van der Waals surface area (Å²) in [7, 11) is 1.64. The van der Waals surface area contributed by atoms with Gasteiger partial charge in [-0.05, 0) is 55.6 Å². The van der Waals surface area contributed by atoms with Crippen molar-refractivity contribution < 1.29 is 14.6 Å². The highest BCUT2D eigenvalue weighted by molar-refractivity contribution is 5.67. The van der Waals surface area contributed by atoms with E-state index >= 15 is 0 Å². The van der Waals surface area contributed by atoms with Crippen LogP contribution in [0.4, 0.5) is 11.6 Å². The van der Waals surface area contributed by atoms with Crippen LogP contribution in [0.15, 0.2) is 42.7 Å². The maximum atomic E-state index is 9.93. The van der Waals surface area contributed by atoms with Crippen molar-refractivity contribution in [2.75, 3.05) is 38.7 Å². The van der Waals surface area contributed by atoms with Gasteiger partial charge in [-0.1, -0.05) is 13.8 Å². The van der Waals surface area contributed by atoms with Gasteiger partial charge in [-0.2, -0.15) is 0 Å². The number of ether oxygens (including phenoxy) is 2. The third kappa shape index (κ3) is 4.81. The number of aliphatic hydroxyl groups excluding tert-OH is 1. The molecule has 8 nitrogen and oxygen atoms in total. The molecule has 5 rings (SSSR count). The first-order valence-corrected chi connectivity index (χ1v) is 12.3. The topological polar surface area (TPSA) is 92.6 Å². The number of aromatic nitrogens is 3. The van der Waals surface area contributed by atoms with Gasteiger partial charge in [0.1, 0.15) is 17.6 Å². The van der Waals surface area contributed by atoms with Gasteiger partial charge >= 0.3 is 0 Å². The van der Waals surface area contributed by atoms with Crippen molar-refractivity contribution in [3.63, 3.8) is 0 Å². The van der Waals surface area contributed by atoms with E-state index in [1.165, 1.54) is 0 Å². The van der Waals surface area contributed by atoms with Crippen LogP contribution in [0.1, 0.15) is 37.9 Å². The molecule has 2 aromatic heterocycles. The molecule has 1 fully saturated rings. The highest BCUT2D eigenvalue weighted by Crippen LogP contribution is 2.39. The quantitative estimate of drug-likeness (QED) is 0.506. The van der Waals surface area contributed by atoms with E-state index in [1.54, 1.807) is 13.3 Å². The van der Waals surface area contributed by atoms with E-state index in [0.717, 1.165) is 72.8 Å². The minimum atomic E-state index is -0.253. The van der Waals surface area contributed by atoms with Crippen LogP contribution in [-0.4, -0.2) is 64.4 Å². The van der Waals surface area contributed by atoms with Crippen molar-refractivity contribution in [1.82, 2.24) is 19.9 Å². The molecule has 0 spiro atoms. The Balaban J connectivity index is 1.34. The summed E-state index contributed by atoms with van der Waals surface area (Å²) in [6, 6.07) is 9.76. The van der Waals surface area contributed by atoms with Crippen LogP contribution in [0.5, 0.6) is 11.5 Å². The first-order chi connectivity index (χ1) is 17.0. The Labute approximate surface area is 206 Å². The average Bonchev–Trinajstić information content (AvgIpc) is 3.49. The summed E-state index contributed by atoms with van der Waals surface area (Å²) in [6.07, 6.45) is 6.61. The van der Waals surface area contributed by atoms with Gasteiger partial charge in [-0.25, -0.2) is 9.97 Å². The number of likely N-dealkylation sites (tertiary alicyclic amines) is 1. The van der Waals surface area contributed by atoms with E-state index < -0.39 is 0 Å². The van der Waals surface area contributed by atoms with Gasteiger partial charge in [-0.15, -0.1) is 0 Å². The third-order valence-corrected chi connectivity index (χ3v) is 7.23. The third-order valence-electron chi connectivity index (χ3n) is 7.23. The lowest BCUT2D eigenvalue weighted by Crippen LogP contribution is -2.24. The number of nitrogens with one attached hydrogen (secondary N) is 1. The summed E-state index contributed by atoms with van der Waals surface area (Å²) in [5.41, 5.74) is 4.35. The molecule has 2 atom stereocenters. The summed E-state index contributed by atoms with van der Waals surface area (Å²) in [5.74, 6) is 1.93. The maximum Gasteiger partial charge on any atom is 0.227 e. The van der Waals surface area contributed by atoms with E-state index in [-0.39, 0.29) is 18.1 Å². The van der Waals surface area contributed by atoms with Gasteiger partial charge in [-0.3, -0.25) is 9.88 Å². The SMILES string of the molecule is CCN1CCC(Oc2ccc(Nc3nccc(-c4cnc5c(c4)C(C)(CO)CC5)n3)c(OC)c2)C1. The molecule has 2 aliphatic rings. The number of methoxy groups -OCH3 is 1. The van der Waals surface area contributed by atoms with Gasteiger partial charge in [0.2, 0.25) is 5.95 Å². The maximum absolute atomic E-state index is 9.93. The molecule has 8 heteroatoms. The second kappa shape index (κ2) is 9.79. The lowest BCUT2D eigenvalue weighted by molar-refractivity contribution is 0.202. The summed E-state index contributed by atoms with van der Waals surface area (Å²) >= 11 is 0. The Morgan fingerprint density at radius 2 is 2.11 bits per heavy atom. The predicted molar refractivity (Wildman–Crippen MR) is 135 cm³/mol. The van der Waals surface area contributed by atoms with Gasteiger partial charge in [0.15, 0.2) is 0 Å². The number of hydrogen-bond donors (Lipinski definition) is 2. The normalized spacial score (nSPS) is 21.7. The number of fused-ring (bicyclic) bond motifs is 1. The van der Waals surface area contributed by atoms with Gasteiger partial charge in [0.25, 0.3) is 0 Å². The number of anilines is 2. The minimum Gasteiger partial charge on any atom is -0.494 e. The van der Waals surface area contributed by atoms with Gasteiger partial charge < -0.3 is 19.9 Å². The fourth-order valence-electron chi connectivity index (χ4n) is 4.97. The van der Waals surface area contributed by atoms with Gasteiger partial charge in [0, 0.05) is 48.2 Å². The Hall–Kier alpha value is -3.23. The molecule has 1 aromatic carbocycles. The molecular weight excluding hydrogens is 442 g/mol. The molecule has 3 heterocycles. The van der Waals surface area contributed by atoms with Crippen molar-refractivity contribution in [3.8, 4) is 22.8 Å². The molecule has 2 N–H and O–H groups in total. The number of nitrogens with zero attached hydrogens (tertiary/aromatic N) is 4. The fourth-order valence-corrected chi connectivity index (χ4v) is 4.97. The number of aliphatic hydroxyl groups is 1. The molecule has 1 aliphatic heterocycles. The second-order valence-corrected chi connectivity index (χ2v) is 9.61. The Bertz CT molecular complexity index is 1200. The number of pyridine rings is 1. The molecule has 0 saturated carbocycles. The van der Waals surface area contributed by atoms with Crippen LogP contribution >= 0.6 is 0 Å². The van der Waals surface area contributed by atoms with Crippen molar-refractivity contribution >= 4 is 11.6 Å². The molecule has 184 valence electrons. The number of benzene rings is 1. The lowest BCUT2D eigenvalue weighted by Gasteiger charge is -2.22. The molecular formula is C27H33N5O3. The Kier molecular flexibility index (Phi) is 6.58. The molecule has 0 bridgehead atoms. The molecule has 1 saturated heterocycles. The first-order valence-electron chi connectivity index (χ1n) is 12.3. The molecule has 35 heavy (non-hydrogen) atoms. The first kappa shape index (κ1) is 23.5. The van der Waals surface area contributed by atoms with Crippen LogP contribution in [0, 0.1) is 0 Å². The number of aryl methyl sites for hydroxylation is 1. The molecule has 0 radical (unpaired) electrons. The number of rotatable bonds is 8. The van der Waals surface area contributed by atoms with E-state index in [1.807, 2.05) is 30.5 Å². The van der Waals surface area contributed by atoms with Crippen molar-refractivity contribution in [3.05, 3.63) is 54.0 Å². The van der Waals surface area contributed by atoms with Crippen molar-refractivity contribution in [2.24, 2.45) is 0 Å².